The van der Waals surface area contributed by atoms with Gasteiger partial charge in [-0.25, -0.2) is 0 Å². The molecule has 0 aromatic heterocycles. The van der Waals surface area contributed by atoms with Crippen LogP contribution in [0.4, 0.5) is 0 Å². The van der Waals surface area contributed by atoms with Crippen molar-refractivity contribution in [2.24, 2.45) is 23.7 Å². The highest BCUT2D eigenvalue weighted by Crippen LogP contribution is 2.20. The molecule has 272 valence electrons. The van der Waals surface area contributed by atoms with Gasteiger partial charge in [0.05, 0.1) is 0 Å². The molecule has 0 aromatic carbocycles. The SMILES string of the molecule is CC(C)CCCCCCCO[Si](OCCCCCCCC(C)C)(OCCCCCCCC(C)C)OCCCCCCCC(C)C. The van der Waals surface area contributed by atoms with Crippen LogP contribution in [0.5, 0.6) is 0 Å². The van der Waals surface area contributed by atoms with Crippen LogP contribution in [0.25, 0.3) is 0 Å². The minimum atomic E-state index is -3.16. The number of hydrogen-bond donors (Lipinski definition) is 0. The van der Waals surface area contributed by atoms with Crippen molar-refractivity contribution >= 4 is 9.05 Å². The maximum Gasteiger partial charge on any atom is 0.679 e. The average Bonchev–Trinajstić information content (AvgIpc) is 2.97. The summed E-state index contributed by atoms with van der Waals surface area (Å²) in [4.78, 5) is 0. The summed E-state index contributed by atoms with van der Waals surface area (Å²) in [5.74, 6) is 3.25. The summed E-state index contributed by atoms with van der Waals surface area (Å²) in [6.07, 6.45) is 30.3. The zero-order valence-corrected chi connectivity index (χ0v) is 33.2. The maximum atomic E-state index is 6.56. The summed E-state index contributed by atoms with van der Waals surface area (Å²) >= 11 is 0. The van der Waals surface area contributed by atoms with Crippen molar-refractivity contribution in [1.82, 2.24) is 0 Å². The van der Waals surface area contributed by atoms with Crippen LogP contribution in [0.15, 0.2) is 0 Å². The minimum absolute atomic E-state index is 0.690. The van der Waals surface area contributed by atoms with E-state index in [1.54, 1.807) is 0 Å². The predicted molar refractivity (Wildman–Crippen MR) is 200 cm³/mol. The highest BCUT2D eigenvalue weighted by atomic mass is 28.4. The fourth-order valence-corrected chi connectivity index (χ4v) is 7.86. The molecule has 0 saturated heterocycles. The van der Waals surface area contributed by atoms with Gasteiger partial charge in [0.2, 0.25) is 0 Å². The third kappa shape index (κ3) is 33.7. The van der Waals surface area contributed by atoms with Gasteiger partial charge in [0, 0.05) is 26.4 Å². The minimum Gasteiger partial charge on any atom is -0.351 e. The molecule has 0 unspecified atom stereocenters. The molecular weight excluding hydrogens is 573 g/mol. The topological polar surface area (TPSA) is 36.9 Å². The van der Waals surface area contributed by atoms with E-state index in [4.69, 9.17) is 17.7 Å². The summed E-state index contributed by atoms with van der Waals surface area (Å²) < 4.78 is 26.2. The van der Waals surface area contributed by atoms with Crippen LogP contribution in [-0.4, -0.2) is 35.5 Å². The Bertz CT molecular complexity index is 479. The molecule has 4 nitrogen and oxygen atoms in total. The van der Waals surface area contributed by atoms with Crippen molar-refractivity contribution in [3.63, 3.8) is 0 Å². The first-order valence-corrected chi connectivity index (χ1v) is 21.9. The van der Waals surface area contributed by atoms with Crippen LogP contribution in [0.2, 0.25) is 0 Å². The lowest BCUT2D eigenvalue weighted by atomic mass is 10.0. The Morgan fingerprint density at radius 2 is 0.444 bits per heavy atom. The molecule has 0 fully saturated rings. The first kappa shape index (κ1) is 45.1. The first-order chi connectivity index (χ1) is 21.7. The molecule has 0 aromatic rings. The molecule has 0 saturated carbocycles. The van der Waals surface area contributed by atoms with E-state index in [0.29, 0.717) is 26.4 Å². The van der Waals surface area contributed by atoms with Gasteiger partial charge in [-0.15, -0.1) is 0 Å². The van der Waals surface area contributed by atoms with E-state index in [9.17, 15) is 0 Å². The average molecular weight is 657 g/mol. The van der Waals surface area contributed by atoms with Gasteiger partial charge < -0.3 is 17.7 Å². The summed E-state index contributed by atoms with van der Waals surface area (Å²) in [5.41, 5.74) is 0. The molecule has 0 heterocycles. The normalized spacial score (nSPS) is 12.5. The van der Waals surface area contributed by atoms with Gasteiger partial charge in [0.25, 0.3) is 0 Å². The molecule has 0 amide bonds. The molecule has 0 aliphatic carbocycles. The first-order valence-electron chi connectivity index (χ1n) is 20.2. The van der Waals surface area contributed by atoms with Gasteiger partial charge in [-0.1, -0.05) is 184 Å². The lowest BCUT2D eigenvalue weighted by Gasteiger charge is -2.28. The Balaban J connectivity index is 4.92. The van der Waals surface area contributed by atoms with E-state index in [0.717, 1.165) is 49.4 Å². The van der Waals surface area contributed by atoms with Crippen molar-refractivity contribution in [2.75, 3.05) is 26.4 Å². The zero-order valence-electron chi connectivity index (χ0n) is 32.2. The summed E-state index contributed by atoms with van der Waals surface area (Å²) in [6.45, 7) is 21.4. The van der Waals surface area contributed by atoms with E-state index in [2.05, 4.69) is 55.4 Å². The van der Waals surface area contributed by atoms with E-state index >= 15 is 0 Å². The Labute approximate surface area is 285 Å². The number of unbranched alkanes of at least 4 members (excludes halogenated alkanes) is 16. The highest BCUT2D eigenvalue weighted by Gasteiger charge is 2.45. The summed E-state index contributed by atoms with van der Waals surface area (Å²) in [7, 11) is -3.16. The van der Waals surface area contributed by atoms with Gasteiger partial charge in [0.1, 0.15) is 0 Å². The second kappa shape index (κ2) is 32.6. The number of rotatable bonds is 36. The Hall–Kier alpha value is 0.0569. The van der Waals surface area contributed by atoms with Gasteiger partial charge in [0.15, 0.2) is 0 Å². The molecule has 0 atom stereocenters. The van der Waals surface area contributed by atoms with E-state index in [1.807, 2.05) is 0 Å². The zero-order chi connectivity index (χ0) is 33.4. The van der Waals surface area contributed by atoms with Gasteiger partial charge in [-0.3, -0.25) is 0 Å². The smallest absolute Gasteiger partial charge is 0.351 e. The molecule has 0 aliphatic rings. The molecule has 45 heavy (non-hydrogen) atoms. The van der Waals surface area contributed by atoms with Crippen molar-refractivity contribution < 1.29 is 17.7 Å². The van der Waals surface area contributed by atoms with Crippen LogP contribution in [0, 0.1) is 23.7 Å². The van der Waals surface area contributed by atoms with Crippen LogP contribution in [0.1, 0.15) is 209 Å². The van der Waals surface area contributed by atoms with Crippen LogP contribution in [0.3, 0.4) is 0 Å². The third-order valence-corrected chi connectivity index (χ3v) is 11.0. The molecule has 0 rings (SSSR count). The van der Waals surface area contributed by atoms with Crippen molar-refractivity contribution in [3.05, 3.63) is 0 Å². The number of hydrogen-bond acceptors (Lipinski definition) is 4. The summed E-state index contributed by atoms with van der Waals surface area (Å²) in [5, 5.41) is 0. The molecule has 0 radical (unpaired) electrons. The third-order valence-electron chi connectivity index (χ3n) is 8.82. The molecule has 0 N–H and O–H groups in total. The van der Waals surface area contributed by atoms with Crippen molar-refractivity contribution in [2.45, 2.75) is 209 Å². The Morgan fingerprint density at radius 1 is 0.267 bits per heavy atom. The lowest BCUT2D eigenvalue weighted by Crippen LogP contribution is -2.50. The van der Waals surface area contributed by atoms with Gasteiger partial charge in [-0.2, -0.15) is 0 Å². The Kier molecular flexibility index (Phi) is 32.6. The lowest BCUT2D eigenvalue weighted by molar-refractivity contribution is -0.0375. The molecular formula is C40H84O4Si. The van der Waals surface area contributed by atoms with Crippen LogP contribution in [-0.2, 0) is 17.7 Å². The van der Waals surface area contributed by atoms with Crippen molar-refractivity contribution in [1.29, 1.82) is 0 Å². The molecule has 5 heteroatoms. The predicted octanol–water partition coefficient (Wildman–Crippen LogP) is 13.5. The second-order valence-corrected chi connectivity index (χ2v) is 17.8. The second-order valence-electron chi connectivity index (χ2n) is 15.7. The van der Waals surface area contributed by atoms with Crippen LogP contribution >= 0.6 is 0 Å². The van der Waals surface area contributed by atoms with E-state index in [1.165, 1.54) is 128 Å². The van der Waals surface area contributed by atoms with Crippen LogP contribution < -0.4 is 0 Å². The fourth-order valence-electron chi connectivity index (χ4n) is 5.78. The molecule has 0 aliphatic heterocycles. The fraction of sp³-hybridized carbons (Fsp3) is 1.00. The van der Waals surface area contributed by atoms with E-state index in [-0.39, 0.29) is 0 Å². The van der Waals surface area contributed by atoms with Gasteiger partial charge >= 0.3 is 9.05 Å². The monoisotopic (exact) mass is 657 g/mol. The molecule has 0 bridgehead atoms. The summed E-state index contributed by atoms with van der Waals surface area (Å²) in [6, 6.07) is 0. The molecule has 0 spiro atoms. The standard InChI is InChI=1S/C40H84O4Si/c1-37(2)29-21-13-9-17-25-33-41-45(42-34-26-18-10-14-22-30-38(3)4,43-35-27-19-11-15-23-31-39(5)6)44-36-28-20-12-16-24-32-40(7)8/h37-40H,9-36H2,1-8H3. The highest BCUT2D eigenvalue weighted by molar-refractivity contribution is 6.53. The van der Waals surface area contributed by atoms with E-state index < -0.39 is 9.05 Å². The van der Waals surface area contributed by atoms with Crippen molar-refractivity contribution in [3.8, 4) is 0 Å². The maximum absolute atomic E-state index is 6.56. The largest absolute Gasteiger partial charge is 0.679 e. The quantitative estimate of drug-likeness (QED) is 0.0497. The Morgan fingerprint density at radius 3 is 0.644 bits per heavy atom. The van der Waals surface area contributed by atoms with Gasteiger partial charge in [-0.05, 0) is 49.4 Å².